The van der Waals surface area contributed by atoms with E-state index >= 15 is 0 Å². The molecule has 1 aromatic rings. The molecule has 1 amide bonds. The highest BCUT2D eigenvalue weighted by Crippen LogP contribution is 2.19. The molecule has 8 nitrogen and oxygen atoms in total. The molecule has 2 saturated heterocycles. The number of para-hydroxylation sites is 1. The van der Waals surface area contributed by atoms with E-state index in [1.807, 2.05) is 13.0 Å². The maximum atomic E-state index is 13.0. The molecule has 2 heterocycles. The lowest BCUT2D eigenvalue weighted by Crippen LogP contribution is -3.12. The van der Waals surface area contributed by atoms with Crippen LogP contribution >= 0.6 is 0 Å². The Morgan fingerprint density at radius 2 is 1.77 bits per heavy atom. The van der Waals surface area contributed by atoms with Crippen LogP contribution in [0.5, 0.6) is 5.75 Å². The summed E-state index contributed by atoms with van der Waals surface area (Å²) >= 11 is 0. The highest BCUT2D eigenvalue weighted by atomic mass is 16.5. The SMILES string of the molecule is CCOc1ccccc1C[NH+]1CCCC(C(=O)N2CCCCCC2)C1.O=C([O-])C(=O)O. The number of likely N-dealkylation sites (tertiary alicyclic amines) is 2. The van der Waals surface area contributed by atoms with Crippen molar-refractivity contribution in [2.75, 3.05) is 32.8 Å². The molecule has 2 N–H and O–H groups in total. The van der Waals surface area contributed by atoms with Gasteiger partial charge < -0.3 is 29.5 Å². The minimum atomic E-state index is -2.07. The first kappa shape index (κ1) is 24.7. The zero-order chi connectivity index (χ0) is 22.6. The maximum absolute atomic E-state index is 13.0. The Bertz CT molecular complexity index is 719. The monoisotopic (exact) mass is 434 g/mol. The van der Waals surface area contributed by atoms with Crippen LogP contribution in [0.3, 0.4) is 0 Å². The molecule has 0 aromatic heterocycles. The van der Waals surface area contributed by atoms with Crippen molar-refractivity contribution in [2.45, 2.75) is 52.0 Å². The summed E-state index contributed by atoms with van der Waals surface area (Å²) in [6, 6.07) is 8.34. The van der Waals surface area contributed by atoms with Crippen LogP contribution in [0.2, 0.25) is 0 Å². The normalized spacial score (nSPS) is 21.3. The van der Waals surface area contributed by atoms with E-state index in [1.54, 1.807) is 0 Å². The minimum absolute atomic E-state index is 0.209. The number of nitrogens with one attached hydrogen (secondary N) is 1. The van der Waals surface area contributed by atoms with E-state index in [-0.39, 0.29) is 5.92 Å². The number of carboxylic acids is 2. The van der Waals surface area contributed by atoms with Crippen LogP contribution in [0.15, 0.2) is 24.3 Å². The second-order valence-corrected chi connectivity index (χ2v) is 8.09. The highest BCUT2D eigenvalue weighted by molar-refractivity contribution is 6.26. The van der Waals surface area contributed by atoms with Gasteiger partial charge in [-0.25, -0.2) is 4.79 Å². The molecule has 1 aromatic carbocycles. The fraction of sp³-hybridized carbons (Fsp3) is 0.609. The lowest BCUT2D eigenvalue weighted by Gasteiger charge is -2.32. The molecule has 0 saturated carbocycles. The summed E-state index contributed by atoms with van der Waals surface area (Å²) in [6.07, 6.45) is 7.12. The van der Waals surface area contributed by atoms with E-state index < -0.39 is 11.9 Å². The van der Waals surface area contributed by atoms with E-state index in [1.165, 1.54) is 36.1 Å². The number of rotatable bonds is 5. The van der Waals surface area contributed by atoms with Gasteiger partial charge >= 0.3 is 5.97 Å². The number of amides is 1. The van der Waals surface area contributed by atoms with Gasteiger partial charge in [0.25, 0.3) is 0 Å². The van der Waals surface area contributed by atoms with Gasteiger partial charge in [0.1, 0.15) is 12.3 Å². The van der Waals surface area contributed by atoms with Crippen molar-refractivity contribution in [3.05, 3.63) is 29.8 Å². The molecule has 31 heavy (non-hydrogen) atoms. The molecule has 2 unspecified atom stereocenters. The Balaban J connectivity index is 0.000000501. The van der Waals surface area contributed by atoms with Crippen molar-refractivity contribution in [1.29, 1.82) is 0 Å². The van der Waals surface area contributed by atoms with Crippen LogP contribution in [0.1, 0.15) is 51.0 Å². The topological polar surface area (TPSA) is 111 Å². The average molecular weight is 435 g/mol. The lowest BCUT2D eigenvalue weighted by atomic mass is 9.95. The summed E-state index contributed by atoms with van der Waals surface area (Å²) in [5, 5.41) is 16.3. The summed E-state index contributed by atoms with van der Waals surface area (Å²) in [6.45, 7) is 7.75. The Morgan fingerprint density at radius 1 is 1.13 bits per heavy atom. The van der Waals surface area contributed by atoms with Crippen LogP contribution in [-0.4, -0.2) is 60.6 Å². The summed E-state index contributed by atoms with van der Waals surface area (Å²) in [7, 11) is 0. The fourth-order valence-electron chi connectivity index (χ4n) is 4.29. The van der Waals surface area contributed by atoms with E-state index in [4.69, 9.17) is 24.5 Å². The quantitative estimate of drug-likeness (QED) is 0.636. The molecule has 3 rings (SSSR count). The molecule has 0 bridgehead atoms. The van der Waals surface area contributed by atoms with Crippen LogP contribution in [0, 0.1) is 5.92 Å². The van der Waals surface area contributed by atoms with E-state index in [9.17, 15) is 4.79 Å². The maximum Gasteiger partial charge on any atom is 0.351 e. The molecule has 2 aliphatic rings. The number of benzene rings is 1. The highest BCUT2D eigenvalue weighted by Gasteiger charge is 2.32. The molecule has 172 valence electrons. The minimum Gasteiger partial charge on any atom is -0.539 e. The number of piperidine rings is 1. The number of hydrogen-bond acceptors (Lipinski definition) is 5. The number of ether oxygens (including phenoxy) is 1. The average Bonchev–Trinajstić information content (AvgIpc) is 3.05. The predicted octanol–water partition coefficient (Wildman–Crippen LogP) is 0.104. The Labute approximate surface area is 183 Å². The van der Waals surface area contributed by atoms with Gasteiger partial charge in [0.2, 0.25) is 5.91 Å². The van der Waals surface area contributed by atoms with Crippen LogP contribution in [0.25, 0.3) is 0 Å². The fourth-order valence-corrected chi connectivity index (χ4v) is 4.29. The van der Waals surface area contributed by atoms with Crippen molar-refractivity contribution in [2.24, 2.45) is 5.92 Å². The third-order valence-electron chi connectivity index (χ3n) is 5.77. The van der Waals surface area contributed by atoms with E-state index in [2.05, 4.69) is 23.1 Å². The second-order valence-electron chi connectivity index (χ2n) is 8.09. The van der Waals surface area contributed by atoms with Crippen molar-refractivity contribution in [3.8, 4) is 5.75 Å². The third kappa shape index (κ3) is 8.20. The number of hydrogen-bond donors (Lipinski definition) is 2. The van der Waals surface area contributed by atoms with Crippen molar-refractivity contribution >= 4 is 17.8 Å². The van der Waals surface area contributed by atoms with Gasteiger partial charge in [-0.05, 0) is 44.7 Å². The number of carbonyl (C=O) groups excluding carboxylic acids is 2. The molecule has 0 aliphatic carbocycles. The number of carbonyl (C=O) groups is 3. The van der Waals surface area contributed by atoms with Crippen molar-refractivity contribution in [3.63, 3.8) is 0 Å². The van der Waals surface area contributed by atoms with Gasteiger partial charge in [-0.2, -0.15) is 0 Å². The standard InChI is InChI=1S/C21H32N2O2.C2H2O4/c1-2-25-20-12-6-5-10-18(20)16-22-13-9-11-19(17-22)21(24)23-14-7-3-4-8-15-23;3-1(4)2(5)6/h5-6,10,12,19H,2-4,7-9,11,13-17H2,1H3;(H,3,4)(H,5,6). The van der Waals surface area contributed by atoms with Crippen LogP contribution in [-0.2, 0) is 20.9 Å². The Hall–Kier alpha value is -2.61. The molecule has 2 fully saturated rings. The van der Waals surface area contributed by atoms with Gasteiger partial charge in [-0.1, -0.05) is 25.0 Å². The second kappa shape index (κ2) is 12.9. The van der Waals surface area contributed by atoms with Gasteiger partial charge in [0, 0.05) is 18.7 Å². The molecule has 8 heteroatoms. The molecule has 2 aliphatic heterocycles. The first-order chi connectivity index (χ1) is 14.9. The zero-order valence-electron chi connectivity index (χ0n) is 18.3. The number of aliphatic carboxylic acids is 2. The molecular weight excluding hydrogens is 400 g/mol. The molecule has 0 radical (unpaired) electrons. The third-order valence-corrected chi connectivity index (χ3v) is 5.77. The first-order valence-corrected chi connectivity index (χ1v) is 11.2. The van der Waals surface area contributed by atoms with Gasteiger partial charge in [-0.15, -0.1) is 0 Å². The summed E-state index contributed by atoms with van der Waals surface area (Å²) in [4.78, 5) is 34.7. The van der Waals surface area contributed by atoms with Gasteiger partial charge in [0.15, 0.2) is 5.97 Å². The molecule has 2 atom stereocenters. The summed E-state index contributed by atoms with van der Waals surface area (Å²) in [5.41, 5.74) is 1.27. The van der Waals surface area contributed by atoms with E-state index in [0.29, 0.717) is 12.5 Å². The summed E-state index contributed by atoms with van der Waals surface area (Å²) < 4.78 is 5.77. The first-order valence-electron chi connectivity index (χ1n) is 11.2. The van der Waals surface area contributed by atoms with Crippen molar-refractivity contribution in [1.82, 2.24) is 4.90 Å². The van der Waals surface area contributed by atoms with Crippen molar-refractivity contribution < 1.29 is 34.2 Å². The largest absolute Gasteiger partial charge is 0.539 e. The zero-order valence-corrected chi connectivity index (χ0v) is 18.3. The summed E-state index contributed by atoms with van der Waals surface area (Å²) in [5.74, 6) is -2.39. The van der Waals surface area contributed by atoms with Crippen LogP contribution < -0.4 is 14.7 Å². The molecular formula is C23H34N2O6. The number of carboxylic acid groups (broad SMARTS) is 2. The predicted molar refractivity (Wildman–Crippen MR) is 112 cm³/mol. The lowest BCUT2D eigenvalue weighted by molar-refractivity contribution is -0.921. The number of quaternary nitrogens is 1. The Kier molecular flexibility index (Phi) is 10.3. The number of nitrogens with zero attached hydrogens (tertiary/aromatic N) is 1. The van der Waals surface area contributed by atoms with E-state index in [0.717, 1.165) is 51.3 Å². The molecule has 0 spiro atoms. The smallest absolute Gasteiger partial charge is 0.351 e. The van der Waals surface area contributed by atoms with Gasteiger partial charge in [-0.3, -0.25) is 4.79 Å². The van der Waals surface area contributed by atoms with Gasteiger partial charge in [0.05, 0.1) is 25.6 Å². The van der Waals surface area contributed by atoms with Crippen LogP contribution in [0.4, 0.5) is 0 Å². The Morgan fingerprint density at radius 3 is 2.39 bits per heavy atom.